The Morgan fingerprint density at radius 2 is 2.21 bits per heavy atom. The summed E-state index contributed by atoms with van der Waals surface area (Å²) >= 11 is 5.99. The molecular weight excluding hydrogens is 200 g/mol. The molecule has 0 saturated carbocycles. The highest BCUT2D eigenvalue weighted by Gasteiger charge is 2.05. The van der Waals surface area contributed by atoms with Crippen LogP contribution < -0.4 is 10.5 Å². The van der Waals surface area contributed by atoms with Gasteiger partial charge in [-0.15, -0.1) is 0 Å². The highest BCUT2D eigenvalue weighted by molar-refractivity contribution is 6.35. The number of anilines is 1. The summed E-state index contributed by atoms with van der Waals surface area (Å²) in [5.41, 5.74) is 7.10. The molecule has 4 heteroatoms. The summed E-state index contributed by atoms with van der Waals surface area (Å²) in [6.45, 7) is 0. The zero-order chi connectivity index (χ0) is 10.1. The number of fused-ring (bicyclic) bond motifs is 1. The van der Waals surface area contributed by atoms with Gasteiger partial charge in [-0.05, 0) is 12.1 Å². The quantitative estimate of drug-likeness (QED) is 0.733. The van der Waals surface area contributed by atoms with Gasteiger partial charge in [0.15, 0.2) is 0 Å². The SMILES string of the molecule is COc1cc2nccc(Cl)c2cc1N. The van der Waals surface area contributed by atoms with Crippen LogP contribution in [-0.2, 0) is 0 Å². The van der Waals surface area contributed by atoms with Crippen molar-refractivity contribution >= 4 is 28.2 Å². The van der Waals surface area contributed by atoms with Crippen molar-refractivity contribution in [2.24, 2.45) is 0 Å². The molecule has 14 heavy (non-hydrogen) atoms. The zero-order valence-electron chi connectivity index (χ0n) is 7.62. The van der Waals surface area contributed by atoms with Crippen molar-refractivity contribution in [3.8, 4) is 5.75 Å². The molecule has 1 aromatic carbocycles. The lowest BCUT2D eigenvalue weighted by Gasteiger charge is -2.06. The Balaban J connectivity index is 2.79. The van der Waals surface area contributed by atoms with Gasteiger partial charge in [-0.1, -0.05) is 11.6 Å². The summed E-state index contributed by atoms with van der Waals surface area (Å²) in [7, 11) is 1.57. The van der Waals surface area contributed by atoms with E-state index in [4.69, 9.17) is 22.1 Å². The number of methoxy groups -OCH3 is 1. The van der Waals surface area contributed by atoms with Crippen LogP contribution in [0.25, 0.3) is 10.9 Å². The number of hydrogen-bond donors (Lipinski definition) is 1. The first-order valence-corrected chi connectivity index (χ1v) is 4.48. The van der Waals surface area contributed by atoms with Crippen LogP contribution in [0.2, 0.25) is 5.02 Å². The summed E-state index contributed by atoms with van der Waals surface area (Å²) in [5, 5.41) is 1.48. The first-order chi connectivity index (χ1) is 6.72. The second-order valence-electron chi connectivity index (χ2n) is 2.90. The Hall–Kier alpha value is -1.48. The van der Waals surface area contributed by atoms with Crippen LogP contribution >= 0.6 is 11.6 Å². The number of benzene rings is 1. The number of halogens is 1. The average Bonchev–Trinajstić information content (AvgIpc) is 2.19. The molecule has 0 amide bonds. The fraction of sp³-hybridized carbons (Fsp3) is 0.100. The first kappa shape index (κ1) is 9.09. The molecule has 0 radical (unpaired) electrons. The van der Waals surface area contributed by atoms with Gasteiger partial charge < -0.3 is 10.5 Å². The van der Waals surface area contributed by atoms with Crippen molar-refractivity contribution in [3.63, 3.8) is 0 Å². The smallest absolute Gasteiger partial charge is 0.143 e. The van der Waals surface area contributed by atoms with E-state index in [1.165, 1.54) is 0 Å². The standard InChI is InChI=1S/C10H9ClN2O/c1-14-10-5-9-6(4-8(10)12)7(11)2-3-13-9/h2-5H,12H2,1H3. The molecule has 2 aromatic rings. The van der Waals surface area contributed by atoms with E-state index in [1.807, 2.05) is 0 Å². The third-order valence-corrected chi connectivity index (χ3v) is 2.37. The van der Waals surface area contributed by atoms with E-state index in [9.17, 15) is 0 Å². The molecule has 0 atom stereocenters. The van der Waals surface area contributed by atoms with E-state index in [-0.39, 0.29) is 0 Å². The predicted molar refractivity (Wildman–Crippen MR) is 57.7 cm³/mol. The van der Waals surface area contributed by atoms with E-state index >= 15 is 0 Å². The lowest BCUT2D eigenvalue weighted by molar-refractivity contribution is 0.417. The van der Waals surface area contributed by atoms with Crippen molar-refractivity contribution in [2.75, 3.05) is 12.8 Å². The van der Waals surface area contributed by atoms with Crippen molar-refractivity contribution in [1.82, 2.24) is 4.98 Å². The van der Waals surface area contributed by atoms with E-state index in [2.05, 4.69) is 4.98 Å². The highest BCUT2D eigenvalue weighted by Crippen LogP contribution is 2.30. The Bertz CT molecular complexity index is 485. The fourth-order valence-corrected chi connectivity index (χ4v) is 1.54. The molecule has 0 unspecified atom stereocenters. The number of rotatable bonds is 1. The van der Waals surface area contributed by atoms with Crippen molar-refractivity contribution in [1.29, 1.82) is 0 Å². The zero-order valence-corrected chi connectivity index (χ0v) is 8.38. The van der Waals surface area contributed by atoms with Crippen LogP contribution in [0, 0.1) is 0 Å². The molecule has 2 rings (SSSR count). The van der Waals surface area contributed by atoms with Crippen molar-refractivity contribution in [2.45, 2.75) is 0 Å². The van der Waals surface area contributed by atoms with Crippen LogP contribution in [0.5, 0.6) is 5.75 Å². The van der Waals surface area contributed by atoms with Gasteiger partial charge in [0.05, 0.1) is 23.3 Å². The third kappa shape index (κ3) is 1.36. The predicted octanol–water partition coefficient (Wildman–Crippen LogP) is 2.48. The van der Waals surface area contributed by atoms with Crippen LogP contribution in [0.4, 0.5) is 5.69 Å². The Morgan fingerprint density at radius 3 is 2.93 bits per heavy atom. The maximum Gasteiger partial charge on any atom is 0.143 e. The molecule has 0 aliphatic carbocycles. The molecule has 3 nitrogen and oxygen atoms in total. The Morgan fingerprint density at radius 1 is 1.43 bits per heavy atom. The summed E-state index contributed by atoms with van der Waals surface area (Å²) in [5.74, 6) is 0.618. The molecule has 1 heterocycles. The van der Waals surface area contributed by atoms with Crippen LogP contribution in [-0.4, -0.2) is 12.1 Å². The topological polar surface area (TPSA) is 48.1 Å². The average molecular weight is 209 g/mol. The second-order valence-corrected chi connectivity index (χ2v) is 3.31. The van der Waals surface area contributed by atoms with Crippen LogP contribution in [0.15, 0.2) is 24.4 Å². The summed E-state index contributed by atoms with van der Waals surface area (Å²) in [6, 6.07) is 5.27. The molecule has 1 aromatic heterocycles. The lowest BCUT2D eigenvalue weighted by Crippen LogP contribution is -1.93. The van der Waals surface area contributed by atoms with Gasteiger partial charge >= 0.3 is 0 Å². The third-order valence-electron chi connectivity index (χ3n) is 2.04. The number of nitrogen functional groups attached to an aromatic ring is 1. The summed E-state index contributed by atoms with van der Waals surface area (Å²) in [6.07, 6.45) is 1.65. The summed E-state index contributed by atoms with van der Waals surface area (Å²) in [4.78, 5) is 4.17. The van der Waals surface area contributed by atoms with E-state index < -0.39 is 0 Å². The Labute approximate surface area is 86.5 Å². The number of hydrogen-bond acceptors (Lipinski definition) is 3. The first-order valence-electron chi connectivity index (χ1n) is 4.10. The number of nitrogens with zero attached hydrogens (tertiary/aromatic N) is 1. The fourth-order valence-electron chi connectivity index (χ4n) is 1.33. The van der Waals surface area contributed by atoms with Gasteiger partial charge in [0, 0.05) is 17.6 Å². The molecule has 0 saturated heterocycles. The number of aromatic nitrogens is 1. The van der Waals surface area contributed by atoms with Gasteiger partial charge in [-0.3, -0.25) is 4.98 Å². The van der Waals surface area contributed by atoms with E-state index in [1.54, 1.807) is 31.5 Å². The highest BCUT2D eigenvalue weighted by atomic mass is 35.5. The Kier molecular flexibility index (Phi) is 2.17. The van der Waals surface area contributed by atoms with Crippen LogP contribution in [0.3, 0.4) is 0 Å². The van der Waals surface area contributed by atoms with E-state index in [0.717, 1.165) is 10.9 Å². The maximum absolute atomic E-state index is 5.99. The maximum atomic E-state index is 5.99. The van der Waals surface area contributed by atoms with Crippen LogP contribution in [0.1, 0.15) is 0 Å². The van der Waals surface area contributed by atoms with Gasteiger partial charge in [0.1, 0.15) is 5.75 Å². The van der Waals surface area contributed by atoms with Gasteiger partial charge in [0.2, 0.25) is 0 Å². The molecule has 0 bridgehead atoms. The molecule has 2 N–H and O–H groups in total. The van der Waals surface area contributed by atoms with Crippen molar-refractivity contribution < 1.29 is 4.74 Å². The molecular formula is C10H9ClN2O. The molecule has 0 fully saturated rings. The summed E-state index contributed by atoms with van der Waals surface area (Å²) < 4.78 is 5.08. The van der Waals surface area contributed by atoms with Gasteiger partial charge in [-0.2, -0.15) is 0 Å². The minimum absolute atomic E-state index is 0.565. The van der Waals surface area contributed by atoms with E-state index in [0.29, 0.717) is 16.5 Å². The largest absolute Gasteiger partial charge is 0.495 e. The lowest BCUT2D eigenvalue weighted by atomic mass is 10.2. The van der Waals surface area contributed by atoms with Gasteiger partial charge in [-0.25, -0.2) is 0 Å². The molecule has 0 aliphatic heterocycles. The second kappa shape index (κ2) is 3.35. The molecule has 0 spiro atoms. The molecule has 0 aliphatic rings. The minimum atomic E-state index is 0.565. The molecule has 72 valence electrons. The monoisotopic (exact) mass is 208 g/mol. The number of nitrogens with two attached hydrogens (primary N) is 1. The number of pyridine rings is 1. The van der Waals surface area contributed by atoms with Gasteiger partial charge in [0.25, 0.3) is 0 Å². The van der Waals surface area contributed by atoms with Crippen molar-refractivity contribution in [3.05, 3.63) is 29.4 Å². The minimum Gasteiger partial charge on any atom is -0.495 e. The normalized spacial score (nSPS) is 10.4. The number of ether oxygens (including phenoxy) is 1.